The maximum atomic E-state index is 13.2. The number of likely N-dealkylation sites (tertiary alicyclic amines) is 1. The number of aliphatic hydroxyl groups is 1. The van der Waals surface area contributed by atoms with Gasteiger partial charge in [-0.15, -0.1) is 0 Å². The Morgan fingerprint density at radius 1 is 1.06 bits per heavy atom. The molecule has 2 fully saturated rings. The highest BCUT2D eigenvalue weighted by Crippen LogP contribution is 2.40. The topological polar surface area (TPSA) is 88.5 Å². The van der Waals surface area contributed by atoms with Crippen molar-refractivity contribution in [1.29, 1.82) is 0 Å². The van der Waals surface area contributed by atoms with E-state index in [1.807, 2.05) is 12.1 Å². The quantitative estimate of drug-likeness (QED) is 0.235. The highest BCUT2D eigenvalue weighted by atomic mass is 16.5. The third-order valence-corrected chi connectivity index (χ3v) is 6.44. The average Bonchev–Trinajstić information content (AvgIpc) is 3.17. The van der Waals surface area contributed by atoms with E-state index >= 15 is 0 Å². The number of Topliss-reactive ketones (excluding diaryl/α,β-unsaturated/α-hetero) is 1. The SMILES string of the molecule is C=CCOc1ccc(C(O)=C2C(=O)C(=O)N(CCCN3CCOCC3)[C@H]2c2ccc(OC)cc2)cc1. The third kappa shape index (κ3) is 5.61. The van der Waals surface area contributed by atoms with Crippen LogP contribution in [0.2, 0.25) is 0 Å². The third-order valence-electron chi connectivity index (χ3n) is 6.44. The summed E-state index contributed by atoms with van der Waals surface area (Å²) in [5.41, 5.74) is 1.25. The van der Waals surface area contributed by atoms with Crippen LogP contribution in [0.4, 0.5) is 0 Å². The summed E-state index contributed by atoms with van der Waals surface area (Å²) in [6.07, 6.45) is 2.35. The van der Waals surface area contributed by atoms with Crippen molar-refractivity contribution in [2.45, 2.75) is 12.5 Å². The van der Waals surface area contributed by atoms with Crippen molar-refractivity contribution < 1.29 is 28.9 Å². The Morgan fingerprint density at radius 2 is 1.72 bits per heavy atom. The molecule has 8 nitrogen and oxygen atoms in total. The first-order valence-electron chi connectivity index (χ1n) is 12.1. The molecule has 1 N–H and O–H groups in total. The number of ketones is 1. The summed E-state index contributed by atoms with van der Waals surface area (Å²) in [5, 5.41) is 11.2. The molecule has 2 aromatic carbocycles. The summed E-state index contributed by atoms with van der Waals surface area (Å²) in [4.78, 5) is 30.2. The first-order valence-corrected chi connectivity index (χ1v) is 12.1. The second kappa shape index (κ2) is 11.9. The van der Waals surface area contributed by atoms with Crippen molar-refractivity contribution >= 4 is 17.4 Å². The van der Waals surface area contributed by atoms with Gasteiger partial charge in [-0.1, -0.05) is 24.8 Å². The van der Waals surface area contributed by atoms with Crippen molar-refractivity contribution in [2.24, 2.45) is 0 Å². The van der Waals surface area contributed by atoms with Crippen molar-refractivity contribution in [2.75, 3.05) is 53.1 Å². The molecule has 0 radical (unpaired) electrons. The lowest BCUT2D eigenvalue weighted by atomic mass is 9.95. The van der Waals surface area contributed by atoms with Crippen LogP contribution in [0.15, 0.2) is 66.8 Å². The number of benzene rings is 2. The highest BCUT2D eigenvalue weighted by Gasteiger charge is 2.45. The largest absolute Gasteiger partial charge is 0.507 e. The summed E-state index contributed by atoms with van der Waals surface area (Å²) in [6.45, 7) is 8.29. The molecule has 8 heteroatoms. The van der Waals surface area contributed by atoms with Crippen molar-refractivity contribution in [1.82, 2.24) is 9.80 Å². The lowest BCUT2D eigenvalue weighted by Crippen LogP contribution is -2.38. The lowest BCUT2D eigenvalue weighted by molar-refractivity contribution is -0.140. The van der Waals surface area contributed by atoms with E-state index < -0.39 is 17.7 Å². The number of ether oxygens (including phenoxy) is 3. The zero-order chi connectivity index (χ0) is 25.5. The van der Waals surface area contributed by atoms with Gasteiger partial charge in [0.2, 0.25) is 0 Å². The van der Waals surface area contributed by atoms with Crippen molar-refractivity contribution in [3.8, 4) is 11.5 Å². The van der Waals surface area contributed by atoms with Gasteiger partial charge in [0.1, 0.15) is 23.9 Å². The number of hydrogen-bond acceptors (Lipinski definition) is 7. The zero-order valence-electron chi connectivity index (χ0n) is 20.5. The molecule has 2 heterocycles. The number of carbonyl (C=O) groups excluding carboxylic acids is 2. The van der Waals surface area contributed by atoms with Gasteiger partial charge in [0.15, 0.2) is 0 Å². The van der Waals surface area contributed by atoms with Gasteiger partial charge in [0.05, 0.1) is 31.9 Å². The number of methoxy groups -OCH3 is 1. The Bertz CT molecular complexity index is 1100. The highest BCUT2D eigenvalue weighted by molar-refractivity contribution is 6.46. The molecule has 1 atom stereocenters. The van der Waals surface area contributed by atoms with Crippen LogP contribution in [-0.2, 0) is 14.3 Å². The molecule has 0 aromatic heterocycles. The second-order valence-electron chi connectivity index (χ2n) is 8.70. The van der Waals surface area contributed by atoms with Gasteiger partial charge in [-0.05, 0) is 48.4 Å². The zero-order valence-corrected chi connectivity index (χ0v) is 20.5. The van der Waals surface area contributed by atoms with Crippen molar-refractivity contribution in [3.05, 3.63) is 77.9 Å². The molecular weight excluding hydrogens is 460 g/mol. The van der Waals surface area contributed by atoms with E-state index in [1.54, 1.807) is 54.5 Å². The fourth-order valence-electron chi connectivity index (χ4n) is 4.55. The first-order chi connectivity index (χ1) is 17.5. The Morgan fingerprint density at radius 3 is 2.36 bits per heavy atom. The van der Waals surface area contributed by atoms with Crippen LogP contribution in [0.5, 0.6) is 11.5 Å². The summed E-state index contributed by atoms with van der Waals surface area (Å²) in [7, 11) is 1.58. The maximum Gasteiger partial charge on any atom is 0.295 e. The summed E-state index contributed by atoms with van der Waals surface area (Å²) in [5.74, 6) is -0.225. The molecule has 2 aliphatic rings. The van der Waals surface area contributed by atoms with Crippen LogP contribution in [0.25, 0.3) is 5.76 Å². The van der Waals surface area contributed by atoms with Crippen LogP contribution < -0.4 is 9.47 Å². The molecule has 0 aliphatic carbocycles. The minimum Gasteiger partial charge on any atom is -0.507 e. The van der Waals surface area contributed by atoms with E-state index in [4.69, 9.17) is 14.2 Å². The average molecular weight is 493 g/mol. The number of morpholine rings is 1. The molecule has 190 valence electrons. The fraction of sp³-hybridized carbons (Fsp3) is 0.357. The fourth-order valence-corrected chi connectivity index (χ4v) is 4.55. The van der Waals surface area contributed by atoms with Crippen LogP contribution in [-0.4, -0.2) is 79.7 Å². The molecule has 0 saturated carbocycles. The number of carbonyl (C=O) groups is 2. The van der Waals surface area contributed by atoms with Gasteiger partial charge in [-0.2, -0.15) is 0 Å². The van der Waals surface area contributed by atoms with Crippen LogP contribution in [0.3, 0.4) is 0 Å². The van der Waals surface area contributed by atoms with Crippen LogP contribution in [0, 0.1) is 0 Å². The maximum absolute atomic E-state index is 13.2. The van der Waals surface area contributed by atoms with Crippen LogP contribution >= 0.6 is 0 Å². The minimum absolute atomic E-state index is 0.0799. The van der Waals surface area contributed by atoms with Gasteiger partial charge in [0, 0.05) is 31.7 Å². The lowest BCUT2D eigenvalue weighted by Gasteiger charge is -2.29. The number of rotatable bonds is 10. The standard InChI is InChI=1S/C28H32N2O6/c1-3-17-36-23-11-7-21(8-12-23)26(31)24-25(20-5-9-22(34-2)10-6-20)30(28(33)27(24)32)14-4-13-29-15-18-35-19-16-29/h3,5-12,25,31H,1,4,13-19H2,2H3/t25-/m0/s1. The van der Waals surface area contributed by atoms with Gasteiger partial charge in [-0.25, -0.2) is 0 Å². The van der Waals surface area contributed by atoms with E-state index in [9.17, 15) is 14.7 Å². The molecule has 36 heavy (non-hydrogen) atoms. The molecule has 2 saturated heterocycles. The molecule has 0 unspecified atom stereocenters. The van der Waals surface area contributed by atoms with E-state index in [1.165, 1.54) is 0 Å². The number of hydrogen-bond donors (Lipinski definition) is 1. The van der Waals surface area contributed by atoms with Gasteiger partial charge < -0.3 is 24.2 Å². The molecule has 2 aliphatic heterocycles. The normalized spacial score (nSPS) is 19.9. The Hall–Kier alpha value is -3.62. The molecular formula is C28H32N2O6. The Labute approximate surface area is 211 Å². The molecule has 0 spiro atoms. The Kier molecular flexibility index (Phi) is 8.40. The number of amides is 1. The first kappa shape index (κ1) is 25.5. The monoisotopic (exact) mass is 492 g/mol. The van der Waals surface area contributed by atoms with E-state index in [2.05, 4.69) is 11.5 Å². The van der Waals surface area contributed by atoms with E-state index in [-0.39, 0.29) is 11.3 Å². The Balaban J connectivity index is 1.64. The summed E-state index contributed by atoms with van der Waals surface area (Å²) < 4.78 is 16.2. The van der Waals surface area contributed by atoms with Crippen molar-refractivity contribution in [3.63, 3.8) is 0 Å². The molecule has 1 amide bonds. The van der Waals surface area contributed by atoms with Gasteiger partial charge in [-0.3, -0.25) is 14.5 Å². The van der Waals surface area contributed by atoms with E-state index in [0.717, 1.165) is 25.2 Å². The molecule has 0 bridgehead atoms. The number of nitrogens with zero attached hydrogens (tertiary/aromatic N) is 2. The molecule has 2 aromatic rings. The predicted octanol–water partition coefficient (Wildman–Crippen LogP) is 3.40. The summed E-state index contributed by atoms with van der Waals surface area (Å²) in [6, 6.07) is 13.3. The second-order valence-corrected chi connectivity index (χ2v) is 8.70. The smallest absolute Gasteiger partial charge is 0.295 e. The van der Waals surface area contributed by atoms with Crippen LogP contribution in [0.1, 0.15) is 23.6 Å². The van der Waals surface area contributed by atoms with Gasteiger partial charge >= 0.3 is 0 Å². The minimum atomic E-state index is -0.697. The van der Waals surface area contributed by atoms with E-state index in [0.29, 0.717) is 49.8 Å². The van der Waals surface area contributed by atoms with Gasteiger partial charge in [0.25, 0.3) is 11.7 Å². The predicted molar refractivity (Wildman–Crippen MR) is 136 cm³/mol. The number of aliphatic hydroxyl groups excluding tert-OH is 1. The molecule has 4 rings (SSSR count). The summed E-state index contributed by atoms with van der Waals surface area (Å²) >= 11 is 0.